The minimum absolute atomic E-state index is 0.170. The molecule has 29 heavy (non-hydrogen) atoms. The number of imidazole rings is 1. The number of benzene rings is 1. The van der Waals surface area contributed by atoms with Crippen molar-refractivity contribution >= 4 is 23.8 Å². The molecular weight excluding hydrogens is 411 g/mol. The second kappa shape index (κ2) is 8.00. The van der Waals surface area contributed by atoms with Crippen molar-refractivity contribution in [3.05, 3.63) is 58.5 Å². The number of aryl methyl sites for hydroxylation is 1. The summed E-state index contributed by atoms with van der Waals surface area (Å²) in [5, 5.41) is 3.91. The molecule has 0 saturated carbocycles. The van der Waals surface area contributed by atoms with Gasteiger partial charge in [0.15, 0.2) is 11.5 Å². The first-order chi connectivity index (χ1) is 13.7. The first-order valence-electron chi connectivity index (χ1n) is 8.12. The van der Waals surface area contributed by atoms with Gasteiger partial charge in [0.25, 0.3) is 0 Å². The molecule has 11 heteroatoms. The summed E-state index contributed by atoms with van der Waals surface area (Å²) in [6.07, 6.45) is -0.867. The lowest BCUT2D eigenvalue weighted by Crippen LogP contribution is -2.06. The number of ether oxygens (including phenoxy) is 2. The van der Waals surface area contributed by atoms with E-state index in [1.807, 2.05) is 0 Å². The van der Waals surface area contributed by atoms with Crippen molar-refractivity contribution in [3.63, 3.8) is 0 Å². The number of pyridine rings is 1. The van der Waals surface area contributed by atoms with Gasteiger partial charge in [-0.15, -0.1) is 0 Å². The third-order valence-electron chi connectivity index (χ3n) is 3.72. The van der Waals surface area contributed by atoms with Crippen LogP contribution in [-0.2, 0) is 6.18 Å². The molecule has 0 aliphatic rings. The topological polar surface area (TPSA) is 87.5 Å². The summed E-state index contributed by atoms with van der Waals surface area (Å²) in [5.74, 6) is 0.457. The molecule has 0 spiro atoms. The van der Waals surface area contributed by atoms with Crippen LogP contribution in [0, 0.1) is 6.92 Å². The second-order valence-electron chi connectivity index (χ2n) is 5.82. The summed E-state index contributed by atoms with van der Waals surface area (Å²) < 4.78 is 50.7. The number of aromatic nitrogens is 3. The average Bonchev–Trinajstić information content (AvgIpc) is 2.98. The lowest BCUT2D eigenvalue weighted by molar-refractivity contribution is -0.137. The number of methoxy groups -OCH3 is 1. The molecule has 0 unspecified atom stereocenters. The molecule has 0 aliphatic heterocycles. The maximum absolute atomic E-state index is 12.8. The molecule has 0 atom stereocenters. The molecule has 0 fully saturated rings. The van der Waals surface area contributed by atoms with Crippen molar-refractivity contribution in [2.24, 2.45) is 5.10 Å². The van der Waals surface area contributed by atoms with Gasteiger partial charge >= 0.3 is 6.18 Å². The van der Waals surface area contributed by atoms with Gasteiger partial charge in [0.05, 0.1) is 30.8 Å². The van der Waals surface area contributed by atoms with Crippen LogP contribution in [0.3, 0.4) is 0 Å². The SMILES string of the molecule is COc1cccc(C=Nn2cc(C)nc2N)c1Oc1ncc(C(F)(F)F)cc1Cl. The highest BCUT2D eigenvalue weighted by atomic mass is 35.5. The quantitative estimate of drug-likeness (QED) is 0.607. The van der Waals surface area contributed by atoms with Crippen molar-refractivity contribution in [1.29, 1.82) is 0 Å². The number of nitrogens with two attached hydrogens (primary N) is 1. The van der Waals surface area contributed by atoms with Gasteiger partial charge in [-0.3, -0.25) is 0 Å². The van der Waals surface area contributed by atoms with Crippen LogP contribution in [0.5, 0.6) is 17.4 Å². The Bertz CT molecular complexity index is 1070. The third kappa shape index (κ3) is 4.60. The fourth-order valence-corrected chi connectivity index (χ4v) is 2.58. The molecule has 1 aromatic carbocycles. The summed E-state index contributed by atoms with van der Waals surface area (Å²) in [5.41, 5.74) is 5.91. The Morgan fingerprint density at radius 3 is 2.66 bits per heavy atom. The molecule has 2 N–H and O–H groups in total. The average molecular weight is 426 g/mol. The third-order valence-corrected chi connectivity index (χ3v) is 3.99. The van der Waals surface area contributed by atoms with E-state index in [2.05, 4.69) is 15.1 Å². The fraction of sp³-hybridized carbons (Fsp3) is 0.167. The van der Waals surface area contributed by atoms with Crippen LogP contribution >= 0.6 is 11.6 Å². The predicted molar refractivity (Wildman–Crippen MR) is 102 cm³/mol. The summed E-state index contributed by atoms with van der Waals surface area (Å²) in [6.45, 7) is 1.76. The molecule has 2 aromatic heterocycles. The molecule has 2 heterocycles. The zero-order valence-corrected chi connectivity index (χ0v) is 16.0. The van der Waals surface area contributed by atoms with Crippen LogP contribution in [0.15, 0.2) is 41.8 Å². The van der Waals surface area contributed by atoms with E-state index in [4.69, 9.17) is 26.8 Å². The molecular formula is C18H15ClF3N5O2. The number of halogens is 4. The Morgan fingerprint density at radius 2 is 2.07 bits per heavy atom. The van der Waals surface area contributed by atoms with Crippen molar-refractivity contribution in [3.8, 4) is 17.4 Å². The van der Waals surface area contributed by atoms with E-state index in [1.165, 1.54) is 18.0 Å². The number of rotatable bonds is 5. The van der Waals surface area contributed by atoms with Crippen LogP contribution in [0.2, 0.25) is 5.02 Å². The second-order valence-corrected chi connectivity index (χ2v) is 6.23. The predicted octanol–water partition coefficient (Wildman–Crippen LogP) is 4.52. The van der Waals surface area contributed by atoms with Crippen LogP contribution in [0.25, 0.3) is 0 Å². The summed E-state index contributed by atoms with van der Waals surface area (Å²) in [6, 6.07) is 5.71. The Balaban J connectivity index is 1.98. The number of hydrogen-bond acceptors (Lipinski definition) is 6. The van der Waals surface area contributed by atoms with E-state index in [0.29, 0.717) is 23.2 Å². The van der Waals surface area contributed by atoms with Crippen molar-refractivity contribution < 1.29 is 22.6 Å². The van der Waals surface area contributed by atoms with Crippen LogP contribution in [-0.4, -0.2) is 28.0 Å². The first kappa shape index (κ1) is 20.5. The number of para-hydroxylation sites is 1. The maximum Gasteiger partial charge on any atom is 0.417 e. The normalized spacial score (nSPS) is 11.8. The maximum atomic E-state index is 12.8. The smallest absolute Gasteiger partial charge is 0.417 e. The zero-order chi connectivity index (χ0) is 21.2. The zero-order valence-electron chi connectivity index (χ0n) is 15.2. The minimum atomic E-state index is -4.57. The number of alkyl halides is 3. The number of hydrogen-bond donors (Lipinski definition) is 1. The van der Waals surface area contributed by atoms with E-state index in [9.17, 15) is 13.2 Å². The Kier molecular flexibility index (Phi) is 5.64. The summed E-state index contributed by atoms with van der Waals surface area (Å²) in [7, 11) is 1.42. The highest BCUT2D eigenvalue weighted by molar-refractivity contribution is 6.31. The molecule has 0 bridgehead atoms. The molecule has 152 valence electrons. The molecule has 0 saturated heterocycles. The van der Waals surface area contributed by atoms with Crippen molar-refractivity contribution in [2.45, 2.75) is 13.1 Å². The summed E-state index contributed by atoms with van der Waals surface area (Å²) >= 11 is 5.94. The van der Waals surface area contributed by atoms with Crippen molar-refractivity contribution in [1.82, 2.24) is 14.6 Å². The Labute approximate surface area is 168 Å². The van der Waals surface area contributed by atoms with Crippen LogP contribution in [0.1, 0.15) is 16.8 Å². The molecule has 0 amide bonds. The van der Waals surface area contributed by atoms with Gasteiger partial charge in [-0.1, -0.05) is 17.7 Å². The van der Waals surface area contributed by atoms with E-state index < -0.39 is 11.7 Å². The Morgan fingerprint density at radius 1 is 1.31 bits per heavy atom. The van der Waals surface area contributed by atoms with E-state index in [1.54, 1.807) is 31.3 Å². The van der Waals surface area contributed by atoms with E-state index in [-0.39, 0.29) is 22.6 Å². The van der Waals surface area contributed by atoms with Crippen LogP contribution < -0.4 is 15.2 Å². The van der Waals surface area contributed by atoms with Gasteiger partial charge in [-0.05, 0) is 25.1 Å². The van der Waals surface area contributed by atoms with Gasteiger partial charge in [0.2, 0.25) is 11.8 Å². The molecule has 0 radical (unpaired) electrons. The monoisotopic (exact) mass is 425 g/mol. The van der Waals surface area contributed by atoms with E-state index >= 15 is 0 Å². The van der Waals surface area contributed by atoms with Gasteiger partial charge in [-0.2, -0.15) is 18.3 Å². The first-order valence-corrected chi connectivity index (χ1v) is 8.50. The fourth-order valence-electron chi connectivity index (χ4n) is 2.38. The lowest BCUT2D eigenvalue weighted by Gasteiger charge is -2.14. The Hall–Kier alpha value is -3.27. The molecule has 3 rings (SSSR count). The lowest BCUT2D eigenvalue weighted by atomic mass is 10.2. The number of nitrogens with zero attached hydrogens (tertiary/aromatic N) is 4. The highest BCUT2D eigenvalue weighted by Gasteiger charge is 2.32. The highest BCUT2D eigenvalue weighted by Crippen LogP contribution is 2.38. The summed E-state index contributed by atoms with van der Waals surface area (Å²) in [4.78, 5) is 7.72. The van der Waals surface area contributed by atoms with Crippen molar-refractivity contribution in [2.75, 3.05) is 12.8 Å². The van der Waals surface area contributed by atoms with Crippen LogP contribution in [0.4, 0.5) is 19.1 Å². The minimum Gasteiger partial charge on any atom is -0.493 e. The van der Waals surface area contributed by atoms with E-state index in [0.717, 1.165) is 6.07 Å². The molecule has 7 nitrogen and oxygen atoms in total. The largest absolute Gasteiger partial charge is 0.493 e. The molecule has 3 aromatic rings. The molecule has 0 aliphatic carbocycles. The van der Waals surface area contributed by atoms with Gasteiger partial charge in [0.1, 0.15) is 5.02 Å². The number of nitrogen functional groups attached to an aromatic ring is 1. The van der Waals surface area contributed by atoms with Gasteiger partial charge < -0.3 is 15.2 Å². The van der Waals surface area contributed by atoms with Gasteiger partial charge in [-0.25, -0.2) is 14.6 Å². The number of anilines is 1. The standard InChI is InChI=1S/C18H15ClF3N5O2/c1-10-9-27(17(23)26-10)25-7-11-4-3-5-14(28-2)15(11)29-16-13(19)6-12(8-24-16)18(20,21)22/h3-9H,1-2H3,(H2,23,26). The van der Waals surface area contributed by atoms with Gasteiger partial charge in [0, 0.05) is 11.8 Å².